The van der Waals surface area contributed by atoms with Crippen LogP contribution in [0.1, 0.15) is 15.9 Å². The van der Waals surface area contributed by atoms with Gasteiger partial charge in [-0.2, -0.15) is 0 Å². The smallest absolute Gasteiger partial charge is 0.259 e. The lowest BCUT2D eigenvalue weighted by Gasteiger charge is -2.02. The number of nitrogens with zero attached hydrogens (tertiary/aromatic N) is 2. The zero-order valence-electron chi connectivity index (χ0n) is 11.6. The predicted molar refractivity (Wildman–Crippen MR) is 83.1 cm³/mol. The number of hydrogen-bond donors (Lipinski definition) is 1. The number of anilines is 1. The largest absolute Gasteiger partial charge is 0.481 e. The molecule has 0 saturated carbocycles. The fraction of sp³-hybridized carbons (Fsp3) is 0.133. The van der Waals surface area contributed by atoms with Crippen molar-refractivity contribution in [3.05, 3.63) is 47.7 Å². The molecule has 0 bridgehead atoms. The first-order chi connectivity index (χ1) is 10.2. The third kappa shape index (κ3) is 2.71. The average Bonchev–Trinajstić information content (AvgIpc) is 2.91. The number of amides is 1. The minimum atomic E-state index is -0.234. The maximum Gasteiger partial charge on any atom is 0.259 e. The summed E-state index contributed by atoms with van der Waals surface area (Å²) in [6.45, 7) is 2.00. The highest BCUT2D eigenvalue weighted by Crippen LogP contribution is 2.28. The van der Waals surface area contributed by atoms with Crippen LogP contribution in [0.25, 0.3) is 10.2 Å². The van der Waals surface area contributed by atoms with Gasteiger partial charge in [-0.25, -0.2) is 9.97 Å². The Hall–Kier alpha value is -2.47. The second-order valence-electron chi connectivity index (χ2n) is 4.48. The average molecular weight is 299 g/mol. The fourth-order valence-corrected chi connectivity index (χ4v) is 2.88. The number of aromatic nitrogens is 2. The number of nitrogens with one attached hydrogen (secondary N) is 1. The van der Waals surface area contributed by atoms with Gasteiger partial charge in [0.1, 0.15) is 0 Å². The summed E-state index contributed by atoms with van der Waals surface area (Å²) in [6, 6.07) is 9.29. The van der Waals surface area contributed by atoms with Gasteiger partial charge in [0.25, 0.3) is 5.91 Å². The van der Waals surface area contributed by atoms with Gasteiger partial charge in [0.2, 0.25) is 5.88 Å². The molecule has 0 aliphatic carbocycles. The summed E-state index contributed by atoms with van der Waals surface area (Å²) in [6.07, 6.45) is 1.48. The standard InChI is InChI=1S/C15H13N3O2S/c1-9-4-3-5-11-13(9)17-15(21-11)18-14(19)10-6-7-12(20-2)16-8-10/h3-8H,1-2H3,(H,17,18,19). The van der Waals surface area contributed by atoms with Crippen LogP contribution in [0.5, 0.6) is 5.88 Å². The molecule has 1 aromatic carbocycles. The monoisotopic (exact) mass is 299 g/mol. The van der Waals surface area contributed by atoms with E-state index in [2.05, 4.69) is 15.3 Å². The number of carbonyl (C=O) groups excluding carboxylic acids is 1. The number of pyridine rings is 1. The number of carbonyl (C=O) groups is 1. The van der Waals surface area contributed by atoms with Gasteiger partial charge in [0.05, 0.1) is 22.9 Å². The van der Waals surface area contributed by atoms with Crippen molar-refractivity contribution in [2.24, 2.45) is 0 Å². The molecule has 0 aliphatic rings. The lowest BCUT2D eigenvalue weighted by molar-refractivity contribution is 0.102. The Kier molecular flexibility index (Phi) is 3.53. The number of methoxy groups -OCH3 is 1. The van der Waals surface area contributed by atoms with Gasteiger partial charge < -0.3 is 4.74 Å². The van der Waals surface area contributed by atoms with Gasteiger partial charge in [-0.3, -0.25) is 10.1 Å². The van der Waals surface area contributed by atoms with Gasteiger partial charge in [-0.15, -0.1) is 0 Å². The second-order valence-corrected chi connectivity index (χ2v) is 5.51. The van der Waals surface area contributed by atoms with Crippen LogP contribution in [0.2, 0.25) is 0 Å². The summed E-state index contributed by atoms with van der Waals surface area (Å²) in [4.78, 5) is 20.6. The molecule has 0 aliphatic heterocycles. The maximum atomic E-state index is 12.2. The molecule has 3 aromatic rings. The van der Waals surface area contributed by atoms with Crippen LogP contribution in [0.3, 0.4) is 0 Å². The summed E-state index contributed by atoms with van der Waals surface area (Å²) >= 11 is 1.45. The van der Waals surface area contributed by atoms with Crippen LogP contribution in [-0.4, -0.2) is 23.0 Å². The molecule has 5 nitrogen and oxygen atoms in total. The van der Waals surface area contributed by atoms with E-state index in [1.165, 1.54) is 24.6 Å². The molecule has 2 aromatic heterocycles. The highest BCUT2D eigenvalue weighted by atomic mass is 32.1. The van der Waals surface area contributed by atoms with Crippen molar-refractivity contribution in [1.82, 2.24) is 9.97 Å². The van der Waals surface area contributed by atoms with Crippen molar-refractivity contribution >= 4 is 32.6 Å². The number of aryl methyl sites for hydroxylation is 1. The van der Waals surface area contributed by atoms with E-state index in [1.54, 1.807) is 12.1 Å². The number of benzene rings is 1. The van der Waals surface area contributed by atoms with Crippen LogP contribution < -0.4 is 10.1 Å². The first-order valence-electron chi connectivity index (χ1n) is 6.35. The van der Waals surface area contributed by atoms with Gasteiger partial charge >= 0.3 is 0 Å². The van der Waals surface area contributed by atoms with E-state index >= 15 is 0 Å². The SMILES string of the molecule is COc1ccc(C(=O)Nc2nc3c(C)cccc3s2)cn1. The molecule has 2 heterocycles. The van der Waals surface area contributed by atoms with Crippen LogP contribution in [-0.2, 0) is 0 Å². The summed E-state index contributed by atoms with van der Waals surface area (Å²) in [5.74, 6) is 0.240. The van der Waals surface area contributed by atoms with E-state index in [0.717, 1.165) is 15.8 Å². The zero-order valence-corrected chi connectivity index (χ0v) is 12.4. The Morgan fingerprint density at radius 3 is 2.81 bits per heavy atom. The highest BCUT2D eigenvalue weighted by molar-refractivity contribution is 7.22. The first kappa shape index (κ1) is 13.5. The number of hydrogen-bond acceptors (Lipinski definition) is 5. The van der Waals surface area contributed by atoms with Gasteiger partial charge in [0, 0.05) is 12.3 Å². The Bertz CT molecular complexity index is 796. The molecule has 1 amide bonds. The van der Waals surface area contributed by atoms with Crippen LogP contribution >= 0.6 is 11.3 Å². The van der Waals surface area contributed by atoms with Gasteiger partial charge in [-0.1, -0.05) is 23.5 Å². The maximum absolute atomic E-state index is 12.2. The van der Waals surface area contributed by atoms with Crippen molar-refractivity contribution in [2.45, 2.75) is 6.92 Å². The second kappa shape index (κ2) is 5.49. The topological polar surface area (TPSA) is 64.1 Å². The van der Waals surface area contributed by atoms with Crippen LogP contribution in [0.15, 0.2) is 36.5 Å². The molecule has 106 valence electrons. The third-order valence-corrected chi connectivity index (χ3v) is 3.98. The van der Waals surface area contributed by atoms with E-state index in [4.69, 9.17) is 4.74 Å². The van der Waals surface area contributed by atoms with Gasteiger partial charge in [0.15, 0.2) is 5.13 Å². The number of rotatable bonds is 3. The molecule has 0 spiro atoms. The molecule has 0 atom stereocenters. The van der Waals surface area contributed by atoms with Crippen molar-refractivity contribution in [2.75, 3.05) is 12.4 Å². The molecule has 1 N–H and O–H groups in total. The number of thiazole rings is 1. The van der Waals surface area contributed by atoms with E-state index in [-0.39, 0.29) is 5.91 Å². The molecule has 0 unspecified atom stereocenters. The molecule has 0 fully saturated rings. The summed E-state index contributed by atoms with van der Waals surface area (Å²) in [5.41, 5.74) is 2.48. The Labute approximate surface area is 125 Å². The third-order valence-electron chi connectivity index (χ3n) is 3.05. The molecule has 0 radical (unpaired) electrons. The Morgan fingerprint density at radius 1 is 1.29 bits per heavy atom. The van der Waals surface area contributed by atoms with E-state index < -0.39 is 0 Å². The molecular formula is C15H13N3O2S. The molecule has 21 heavy (non-hydrogen) atoms. The van der Waals surface area contributed by atoms with Crippen molar-refractivity contribution in [3.63, 3.8) is 0 Å². The van der Waals surface area contributed by atoms with E-state index in [9.17, 15) is 4.79 Å². The van der Waals surface area contributed by atoms with Crippen LogP contribution in [0.4, 0.5) is 5.13 Å². The summed E-state index contributed by atoms with van der Waals surface area (Å²) in [7, 11) is 1.53. The number of ether oxygens (including phenoxy) is 1. The number of para-hydroxylation sites is 1. The molecular weight excluding hydrogens is 286 g/mol. The molecule has 3 rings (SSSR count). The molecule has 0 saturated heterocycles. The van der Waals surface area contributed by atoms with Crippen molar-refractivity contribution in [1.29, 1.82) is 0 Å². The van der Waals surface area contributed by atoms with Crippen molar-refractivity contribution < 1.29 is 9.53 Å². The van der Waals surface area contributed by atoms with E-state index in [0.29, 0.717) is 16.6 Å². The first-order valence-corrected chi connectivity index (χ1v) is 7.16. The Morgan fingerprint density at radius 2 is 2.14 bits per heavy atom. The predicted octanol–water partition coefficient (Wildman–Crippen LogP) is 3.26. The minimum absolute atomic E-state index is 0.234. The fourth-order valence-electron chi connectivity index (χ4n) is 1.94. The van der Waals surface area contributed by atoms with E-state index in [1.807, 2.05) is 25.1 Å². The summed E-state index contributed by atoms with van der Waals surface area (Å²) < 4.78 is 6.02. The lowest BCUT2D eigenvalue weighted by Crippen LogP contribution is -2.11. The Balaban J connectivity index is 1.83. The van der Waals surface area contributed by atoms with Crippen LogP contribution in [0, 0.1) is 6.92 Å². The minimum Gasteiger partial charge on any atom is -0.481 e. The normalized spacial score (nSPS) is 10.6. The molecule has 6 heteroatoms. The quantitative estimate of drug-likeness (QED) is 0.806. The summed E-state index contributed by atoms with van der Waals surface area (Å²) in [5, 5.41) is 3.38. The van der Waals surface area contributed by atoms with Crippen molar-refractivity contribution in [3.8, 4) is 5.88 Å². The highest BCUT2D eigenvalue weighted by Gasteiger charge is 2.11. The lowest BCUT2D eigenvalue weighted by atomic mass is 10.2. The van der Waals surface area contributed by atoms with Gasteiger partial charge in [-0.05, 0) is 24.6 Å². The zero-order chi connectivity index (χ0) is 14.8. The number of fused-ring (bicyclic) bond motifs is 1.